The van der Waals surface area contributed by atoms with E-state index < -0.39 is 5.91 Å². The lowest BCUT2D eigenvalue weighted by Crippen LogP contribution is -2.38. The van der Waals surface area contributed by atoms with Crippen LogP contribution in [0.2, 0.25) is 0 Å². The molecule has 3 heterocycles. The monoisotopic (exact) mass is 425 g/mol. The van der Waals surface area contributed by atoms with E-state index in [4.69, 9.17) is 13.9 Å². The third-order valence-corrected chi connectivity index (χ3v) is 5.46. The Bertz CT molecular complexity index is 961. The van der Waals surface area contributed by atoms with E-state index >= 15 is 0 Å². The van der Waals surface area contributed by atoms with Gasteiger partial charge in [0, 0.05) is 30.1 Å². The molecule has 1 fully saturated rings. The molecule has 156 valence electrons. The maximum atomic E-state index is 12.2. The van der Waals surface area contributed by atoms with Crippen LogP contribution in [-0.2, 0) is 4.74 Å². The molecule has 1 aliphatic rings. The molecule has 8 heteroatoms. The van der Waals surface area contributed by atoms with Gasteiger partial charge in [0.15, 0.2) is 5.76 Å². The molecular formula is C22H23N3O4S. The van der Waals surface area contributed by atoms with E-state index in [2.05, 4.69) is 15.4 Å². The van der Waals surface area contributed by atoms with E-state index in [1.54, 1.807) is 29.7 Å². The van der Waals surface area contributed by atoms with Gasteiger partial charge in [0.2, 0.25) is 0 Å². The second-order valence-corrected chi connectivity index (χ2v) is 7.68. The quantitative estimate of drug-likeness (QED) is 0.442. The van der Waals surface area contributed by atoms with Gasteiger partial charge in [-0.25, -0.2) is 5.43 Å². The van der Waals surface area contributed by atoms with Gasteiger partial charge < -0.3 is 13.9 Å². The van der Waals surface area contributed by atoms with Crippen molar-refractivity contribution in [2.45, 2.75) is 0 Å². The van der Waals surface area contributed by atoms with Crippen LogP contribution in [0.15, 0.2) is 63.4 Å². The number of nitrogens with one attached hydrogen (secondary N) is 1. The van der Waals surface area contributed by atoms with Crippen molar-refractivity contribution in [1.82, 2.24) is 10.3 Å². The molecule has 0 saturated carbocycles. The number of morpholine rings is 1. The van der Waals surface area contributed by atoms with Crippen molar-refractivity contribution in [3.63, 3.8) is 0 Å². The van der Waals surface area contributed by atoms with Gasteiger partial charge in [-0.2, -0.15) is 5.10 Å². The van der Waals surface area contributed by atoms with Gasteiger partial charge in [0.25, 0.3) is 0 Å². The topological polar surface area (TPSA) is 76.3 Å². The highest BCUT2D eigenvalue weighted by molar-refractivity contribution is 7.11. The van der Waals surface area contributed by atoms with Crippen LogP contribution in [0.3, 0.4) is 0 Å². The smallest absolute Gasteiger partial charge is 0.307 e. The maximum absolute atomic E-state index is 12.2. The summed E-state index contributed by atoms with van der Waals surface area (Å²) in [7, 11) is 0. The molecular weight excluding hydrogens is 402 g/mol. The lowest BCUT2D eigenvalue weighted by atomic mass is 10.2. The fraction of sp³-hybridized carbons (Fsp3) is 0.273. The van der Waals surface area contributed by atoms with E-state index in [1.165, 1.54) is 0 Å². The second kappa shape index (κ2) is 10.2. The van der Waals surface area contributed by atoms with Gasteiger partial charge in [0.1, 0.15) is 18.1 Å². The first-order chi connectivity index (χ1) is 14.8. The predicted molar refractivity (Wildman–Crippen MR) is 116 cm³/mol. The summed E-state index contributed by atoms with van der Waals surface area (Å²) in [6.45, 7) is 5.01. The lowest BCUT2D eigenvalue weighted by Gasteiger charge is -2.26. The normalized spacial score (nSPS) is 14.8. The number of thiophene rings is 1. The van der Waals surface area contributed by atoms with Crippen LogP contribution in [0.5, 0.6) is 5.75 Å². The maximum Gasteiger partial charge on any atom is 0.307 e. The Kier molecular flexibility index (Phi) is 6.91. The molecule has 7 nitrogen and oxygen atoms in total. The molecule has 2 aromatic heterocycles. The Morgan fingerprint density at radius 3 is 2.77 bits per heavy atom. The summed E-state index contributed by atoms with van der Waals surface area (Å²) in [5, 5.41) is 5.89. The molecule has 0 spiro atoms. The molecule has 30 heavy (non-hydrogen) atoms. The number of hydrazone groups is 1. The fourth-order valence-electron chi connectivity index (χ4n) is 3.02. The molecule has 0 radical (unpaired) electrons. The highest BCUT2D eigenvalue weighted by Gasteiger charge is 2.12. The predicted octanol–water partition coefficient (Wildman–Crippen LogP) is 3.48. The van der Waals surface area contributed by atoms with Crippen LogP contribution in [0.4, 0.5) is 0 Å². The summed E-state index contributed by atoms with van der Waals surface area (Å²) in [5.74, 6) is 1.23. The van der Waals surface area contributed by atoms with Crippen LogP contribution in [0, 0.1) is 0 Å². The third kappa shape index (κ3) is 5.56. The number of carbonyl (C=O) groups excluding carboxylic acids is 1. The minimum Gasteiger partial charge on any atom is -0.492 e. The van der Waals surface area contributed by atoms with Crippen LogP contribution in [0.25, 0.3) is 11.3 Å². The first kappa shape index (κ1) is 20.3. The first-order valence-corrected chi connectivity index (χ1v) is 10.7. The number of benzene rings is 1. The molecule has 0 unspecified atom stereocenters. The average Bonchev–Trinajstić information content (AvgIpc) is 3.47. The van der Waals surface area contributed by atoms with Crippen molar-refractivity contribution in [2.75, 3.05) is 39.5 Å². The van der Waals surface area contributed by atoms with Crippen molar-refractivity contribution in [3.8, 4) is 17.1 Å². The Balaban J connectivity index is 1.28. The molecule has 1 amide bonds. The van der Waals surface area contributed by atoms with Crippen molar-refractivity contribution in [1.29, 1.82) is 0 Å². The van der Waals surface area contributed by atoms with Crippen LogP contribution >= 0.6 is 11.3 Å². The summed E-state index contributed by atoms with van der Waals surface area (Å²) in [5.41, 5.74) is 3.34. The summed E-state index contributed by atoms with van der Waals surface area (Å²) in [4.78, 5) is 15.5. The largest absolute Gasteiger partial charge is 0.492 e. The third-order valence-electron chi connectivity index (χ3n) is 4.65. The SMILES string of the molecule is O=C(N/N=C/c1cccs1)c1ccc(-c2ccc(OCCN3CCOCC3)cc2)o1. The molecule has 1 N–H and O–H groups in total. The average molecular weight is 426 g/mol. The molecule has 1 saturated heterocycles. The van der Waals surface area contributed by atoms with Gasteiger partial charge in [-0.15, -0.1) is 11.3 Å². The Hall–Kier alpha value is -2.94. The molecule has 0 atom stereocenters. The summed E-state index contributed by atoms with van der Waals surface area (Å²) in [6, 6.07) is 14.9. The van der Waals surface area contributed by atoms with Gasteiger partial charge in [-0.1, -0.05) is 6.07 Å². The molecule has 0 aliphatic carbocycles. The van der Waals surface area contributed by atoms with Gasteiger partial charge in [0.05, 0.1) is 19.4 Å². The highest BCUT2D eigenvalue weighted by atomic mass is 32.1. The first-order valence-electron chi connectivity index (χ1n) is 9.78. The van der Waals surface area contributed by atoms with E-state index in [-0.39, 0.29) is 5.76 Å². The fourth-order valence-corrected chi connectivity index (χ4v) is 3.61. The standard InChI is InChI=1S/C22H23N3O4S/c26-22(24-23-16-19-2-1-15-30-19)21-8-7-20(29-21)17-3-5-18(6-4-17)28-14-11-25-9-12-27-13-10-25/h1-8,15-16H,9-14H2,(H,24,26)/b23-16+. The minimum atomic E-state index is -0.392. The Labute approximate surface area is 178 Å². The second-order valence-electron chi connectivity index (χ2n) is 6.71. The summed E-state index contributed by atoms with van der Waals surface area (Å²) in [6.07, 6.45) is 1.60. The Morgan fingerprint density at radius 2 is 2.00 bits per heavy atom. The number of rotatable bonds is 8. The van der Waals surface area contributed by atoms with Crippen molar-refractivity contribution in [3.05, 3.63) is 64.5 Å². The van der Waals surface area contributed by atoms with Gasteiger partial charge in [-0.05, 0) is 47.8 Å². The molecule has 3 aromatic rings. The number of hydrogen-bond donors (Lipinski definition) is 1. The zero-order valence-corrected chi connectivity index (χ0v) is 17.3. The highest BCUT2D eigenvalue weighted by Crippen LogP contribution is 2.24. The minimum absolute atomic E-state index is 0.208. The number of amides is 1. The number of hydrogen-bond acceptors (Lipinski definition) is 7. The molecule has 1 aliphatic heterocycles. The van der Waals surface area contributed by atoms with E-state index in [9.17, 15) is 4.79 Å². The van der Waals surface area contributed by atoms with Crippen LogP contribution in [-0.4, -0.2) is 56.5 Å². The van der Waals surface area contributed by atoms with Gasteiger partial charge in [-0.3, -0.25) is 9.69 Å². The van der Waals surface area contributed by atoms with Crippen LogP contribution in [0.1, 0.15) is 15.4 Å². The lowest BCUT2D eigenvalue weighted by molar-refractivity contribution is 0.0322. The number of furan rings is 1. The summed E-state index contributed by atoms with van der Waals surface area (Å²) >= 11 is 1.54. The zero-order chi connectivity index (χ0) is 20.6. The molecule has 1 aromatic carbocycles. The van der Waals surface area contributed by atoms with Crippen LogP contribution < -0.4 is 10.2 Å². The van der Waals surface area contributed by atoms with Crippen molar-refractivity contribution >= 4 is 23.5 Å². The van der Waals surface area contributed by atoms with Crippen molar-refractivity contribution in [2.24, 2.45) is 5.10 Å². The summed E-state index contributed by atoms with van der Waals surface area (Å²) < 4.78 is 16.9. The number of carbonyl (C=O) groups is 1. The van der Waals surface area contributed by atoms with E-state index in [0.717, 1.165) is 49.0 Å². The molecule has 4 rings (SSSR count). The van der Waals surface area contributed by atoms with E-state index in [0.29, 0.717) is 12.4 Å². The number of ether oxygens (including phenoxy) is 2. The van der Waals surface area contributed by atoms with E-state index in [1.807, 2.05) is 41.8 Å². The van der Waals surface area contributed by atoms with Crippen molar-refractivity contribution < 1.29 is 18.7 Å². The zero-order valence-electron chi connectivity index (χ0n) is 16.5. The molecule has 0 bridgehead atoms. The Morgan fingerprint density at radius 1 is 1.17 bits per heavy atom. The number of nitrogens with zero attached hydrogens (tertiary/aromatic N) is 2. The van der Waals surface area contributed by atoms with Gasteiger partial charge >= 0.3 is 5.91 Å².